The van der Waals surface area contributed by atoms with E-state index in [9.17, 15) is 9.59 Å². The molecule has 0 radical (unpaired) electrons. The van der Waals surface area contributed by atoms with Gasteiger partial charge in [-0.15, -0.1) is 12.4 Å². The molecule has 2 rings (SSSR count). The average Bonchev–Trinajstić information content (AvgIpc) is 2.68. The molecule has 0 saturated heterocycles. The fourth-order valence-corrected chi connectivity index (χ4v) is 3.09. The number of nitrogens with one attached hydrogen (secondary N) is 2. The van der Waals surface area contributed by atoms with E-state index in [1.165, 1.54) is 5.56 Å². The summed E-state index contributed by atoms with van der Waals surface area (Å²) in [6, 6.07) is 17.7. The lowest BCUT2D eigenvalue weighted by atomic mass is 10.1. The van der Waals surface area contributed by atoms with Crippen molar-refractivity contribution in [2.75, 3.05) is 25.0 Å². The number of hydrogen-bond acceptors (Lipinski definition) is 3. The molecule has 0 saturated carbocycles. The van der Waals surface area contributed by atoms with Gasteiger partial charge in [-0.25, -0.2) is 0 Å². The van der Waals surface area contributed by atoms with Crippen LogP contribution >= 0.6 is 12.4 Å². The maximum absolute atomic E-state index is 12.3. The summed E-state index contributed by atoms with van der Waals surface area (Å²) in [5, 5.41) is 5.94. The van der Waals surface area contributed by atoms with Crippen molar-refractivity contribution in [3.05, 3.63) is 65.7 Å². The molecule has 0 aliphatic rings. The lowest BCUT2D eigenvalue weighted by Gasteiger charge is -2.17. The summed E-state index contributed by atoms with van der Waals surface area (Å²) in [4.78, 5) is 26.4. The molecule has 0 aliphatic heterocycles. The molecule has 1 atom stereocenters. The van der Waals surface area contributed by atoms with E-state index in [0.717, 1.165) is 30.8 Å². The SMILES string of the molecule is CCN(CC)CC(=O)Nc1ccc(CC(=O)NC(C)Cc2ccccc2)cc1.Cl. The van der Waals surface area contributed by atoms with Gasteiger partial charge in [-0.2, -0.15) is 0 Å². The highest BCUT2D eigenvalue weighted by molar-refractivity contribution is 5.92. The third-order valence-corrected chi connectivity index (χ3v) is 4.66. The van der Waals surface area contributed by atoms with Gasteiger partial charge in [0.2, 0.25) is 11.8 Å². The first kappa shape index (κ1) is 24.7. The van der Waals surface area contributed by atoms with E-state index in [1.807, 2.05) is 63.2 Å². The molecule has 2 amide bonds. The van der Waals surface area contributed by atoms with Gasteiger partial charge in [0.15, 0.2) is 0 Å². The van der Waals surface area contributed by atoms with E-state index in [-0.39, 0.29) is 30.3 Å². The number of nitrogens with zero attached hydrogens (tertiary/aromatic N) is 1. The molecule has 0 fully saturated rings. The monoisotopic (exact) mass is 417 g/mol. The Hall–Kier alpha value is -2.37. The first-order valence-corrected chi connectivity index (χ1v) is 9.94. The molecule has 0 aliphatic carbocycles. The highest BCUT2D eigenvalue weighted by Gasteiger charge is 2.10. The van der Waals surface area contributed by atoms with Crippen LogP contribution in [-0.4, -0.2) is 42.4 Å². The van der Waals surface area contributed by atoms with E-state index >= 15 is 0 Å². The molecule has 2 aromatic carbocycles. The number of halogens is 1. The van der Waals surface area contributed by atoms with Crippen LogP contribution in [0.2, 0.25) is 0 Å². The maximum Gasteiger partial charge on any atom is 0.238 e. The van der Waals surface area contributed by atoms with Crippen LogP contribution in [0.15, 0.2) is 54.6 Å². The second-order valence-corrected chi connectivity index (χ2v) is 7.04. The smallest absolute Gasteiger partial charge is 0.238 e. The van der Waals surface area contributed by atoms with Crippen molar-refractivity contribution in [3.8, 4) is 0 Å². The number of amides is 2. The highest BCUT2D eigenvalue weighted by Crippen LogP contribution is 2.11. The predicted molar refractivity (Wildman–Crippen MR) is 122 cm³/mol. The summed E-state index contributed by atoms with van der Waals surface area (Å²) < 4.78 is 0. The summed E-state index contributed by atoms with van der Waals surface area (Å²) in [5.74, 6) is -0.0225. The van der Waals surface area contributed by atoms with Gasteiger partial charge in [0.05, 0.1) is 13.0 Å². The summed E-state index contributed by atoms with van der Waals surface area (Å²) in [5.41, 5.74) is 2.88. The molecule has 0 bridgehead atoms. The number of hydrogen-bond donors (Lipinski definition) is 2. The summed E-state index contributed by atoms with van der Waals surface area (Å²) >= 11 is 0. The van der Waals surface area contributed by atoms with Gasteiger partial charge in [-0.05, 0) is 49.7 Å². The second-order valence-electron chi connectivity index (χ2n) is 7.04. The summed E-state index contributed by atoms with van der Waals surface area (Å²) in [7, 11) is 0. The largest absolute Gasteiger partial charge is 0.353 e. The van der Waals surface area contributed by atoms with E-state index in [1.54, 1.807) is 0 Å². The number of carbonyl (C=O) groups excluding carboxylic acids is 2. The van der Waals surface area contributed by atoms with Gasteiger partial charge in [-0.1, -0.05) is 56.3 Å². The van der Waals surface area contributed by atoms with Crippen molar-refractivity contribution in [2.45, 2.75) is 39.7 Å². The van der Waals surface area contributed by atoms with Gasteiger partial charge in [0.1, 0.15) is 0 Å². The molecular formula is C23H32ClN3O2. The van der Waals surface area contributed by atoms with E-state index in [4.69, 9.17) is 0 Å². The van der Waals surface area contributed by atoms with Crippen molar-refractivity contribution < 1.29 is 9.59 Å². The minimum atomic E-state index is -0.0241. The van der Waals surface area contributed by atoms with Gasteiger partial charge >= 0.3 is 0 Å². The van der Waals surface area contributed by atoms with E-state index < -0.39 is 0 Å². The van der Waals surface area contributed by atoms with Gasteiger partial charge < -0.3 is 10.6 Å². The topological polar surface area (TPSA) is 61.4 Å². The Kier molecular flexibility index (Phi) is 11.0. The minimum Gasteiger partial charge on any atom is -0.353 e. The minimum absolute atomic E-state index is 0. The van der Waals surface area contributed by atoms with Crippen LogP contribution in [0.1, 0.15) is 31.9 Å². The number of carbonyl (C=O) groups is 2. The van der Waals surface area contributed by atoms with Crippen LogP contribution in [0.4, 0.5) is 5.69 Å². The first-order valence-electron chi connectivity index (χ1n) is 9.94. The average molecular weight is 418 g/mol. The molecule has 2 N–H and O–H groups in total. The molecule has 158 valence electrons. The van der Waals surface area contributed by atoms with Crippen LogP contribution in [0.25, 0.3) is 0 Å². The van der Waals surface area contributed by atoms with Gasteiger partial charge in [0, 0.05) is 11.7 Å². The Balaban J connectivity index is 0.00000420. The van der Waals surface area contributed by atoms with E-state index in [0.29, 0.717) is 13.0 Å². The molecule has 2 aromatic rings. The summed E-state index contributed by atoms with van der Waals surface area (Å²) in [6.45, 7) is 8.17. The Labute approximate surface area is 180 Å². The predicted octanol–water partition coefficient (Wildman–Crippen LogP) is 3.68. The van der Waals surface area contributed by atoms with Crippen LogP contribution < -0.4 is 10.6 Å². The third kappa shape index (κ3) is 9.11. The fraction of sp³-hybridized carbons (Fsp3) is 0.391. The molecule has 5 nitrogen and oxygen atoms in total. The Morgan fingerprint density at radius 1 is 0.897 bits per heavy atom. The molecule has 1 unspecified atom stereocenters. The first-order chi connectivity index (χ1) is 13.5. The third-order valence-electron chi connectivity index (χ3n) is 4.66. The van der Waals surface area contributed by atoms with Crippen molar-refractivity contribution in [3.63, 3.8) is 0 Å². The second kappa shape index (κ2) is 13.0. The van der Waals surface area contributed by atoms with Crippen molar-refractivity contribution in [2.24, 2.45) is 0 Å². The van der Waals surface area contributed by atoms with Crippen LogP contribution in [0.3, 0.4) is 0 Å². The Morgan fingerprint density at radius 2 is 1.52 bits per heavy atom. The maximum atomic E-state index is 12.3. The number of anilines is 1. The van der Waals surface area contributed by atoms with Crippen LogP contribution in [0, 0.1) is 0 Å². The van der Waals surface area contributed by atoms with Gasteiger partial charge in [-0.3, -0.25) is 14.5 Å². The molecular weight excluding hydrogens is 386 g/mol. The molecule has 29 heavy (non-hydrogen) atoms. The highest BCUT2D eigenvalue weighted by atomic mass is 35.5. The standard InChI is InChI=1S/C23H31N3O2.ClH/c1-4-26(5-2)17-23(28)25-21-13-11-20(12-14-21)16-22(27)24-18(3)15-19-9-7-6-8-10-19;/h6-14,18H,4-5,15-17H2,1-3H3,(H,24,27)(H,25,28);1H. The fourth-order valence-electron chi connectivity index (χ4n) is 3.09. The Bertz CT molecular complexity index is 746. The lowest BCUT2D eigenvalue weighted by Crippen LogP contribution is -2.35. The van der Waals surface area contributed by atoms with Crippen LogP contribution in [-0.2, 0) is 22.4 Å². The van der Waals surface area contributed by atoms with Crippen molar-refractivity contribution in [1.29, 1.82) is 0 Å². The lowest BCUT2D eigenvalue weighted by molar-refractivity contribution is -0.121. The molecule has 6 heteroatoms. The van der Waals surface area contributed by atoms with Crippen molar-refractivity contribution >= 4 is 29.9 Å². The Morgan fingerprint density at radius 3 is 2.10 bits per heavy atom. The molecule has 0 spiro atoms. The van der Waals surface area contributed by atoms with E-state index in [2.05, 4.69) is 27.7 Å². The van der Waals surface area contributed by atoms with Gasteiger partial charge in [0.25, 0.3) is 0 Å². The zero-order chi connectivity index (χ0) is 20.4. The number of benzene rings is 2. The number of rotatable bonds is 10. The zero-order valence-corrected chi connectivity index (χ0v) is 18.3. The molecule has 0 aromatic heterocycles. The molecule has 0 heterocycles. The van der Waals surface area contributed by atoms with Crippen LogP contribution in [0.5, 0.6) is 0 Å². The summed E-state index contributed by atoms with van der Waals surface area (Å²) in [6.07, 6.45) is 1.14. The number of likely N-dealkylation sites (N-methyl/N-ethyl adjacent to an activating group) is 1. The quantitative estimate of drug-likeness (QED) is 0.619. The van der Waals surface area contributed by atoms with Crippen molar-refractivity contribution in [1.82, 2.24) is 10.2 Å². The zero-order valence-electron chi connectivity index (χ0n) is 17.5. The normalized spacial score (nSPS) is 11.4.